The second-order valence-corrected chi connectivity index (χ2v) is 4.09. The fraction of sp³-hybridized carbons (Fsp3) is 0.417. The van der Waals surface area contributed by atoms with Crippen LogP contribution in [0.15, 0.2) is 18.2 Å². The van der Waals surface area contributed by atoms with Crippen molar-refractivity contribution in [2.45, 2.75) is 19.9 Å². The second-order valence-electron chi connectivity index (χ2n) is 4.09. The summed E-state index contributed by atoms with van der Waals surface area (Å²) in [5.41, 5.74) is 7.63. The molecule has 1 rings (SSSR count). The number of nitrogen functional groups attached to an aromatic ring is 1. The summed E-state index contributed by atoms with van der Waals surface area (Å²) in [5.74, 6) is 0.287. The molecule has 1 aromatic carbocycles. The SMILES string of the molecule is CC(C)[C@@H](CO)Nc1cc(C#N)ccc1N. The molecule has 1 atom stereocenters. The van der Waals surface area contributed by atoms with Crippen LogP contribution < -0.4 is 11.1 Å². The quantitative estimate of drug-likeness (QED) is 0.671. The van der Waals surface area contributed by atoms with E-state index in [1.165, 1.54) is 0 Å². The highest BCUT2D eigenvalue weighted by Crippen LogP contribution is 2.22. The summed E-state index contributed by atoms with van der Waals surface area (Å²) in [6, 6.07) is 7.05. The van der Waals surface area contributed by atoms with Crippen molar-refractivity contribution >= 4 is 11.4 Å². The van der Waals surface area contributed by atoms with Crippen LogP contribution in [0.3, 0.4) is 0 Å². The van der Waals surface area contributed by atoms with Gasteiger partial charge in [-0.1, -0.05) is 13.8 Å². The molecule has 0 fully saturated rings. The third-order valence-electron chi connectivity index (χ3n) is 2.52. The molecule has 0 spiro atoms. The third kappa shape index (κ3) is 2.88. The molecule has 0 radical (unpaired) electrons. The van der Waals surface area contributed by atoms with Gasteiger partial charge in [0.15, 0.2) is 0 Å². The summed E-state index contributed by atoms with van der Waals surface area (Å²) >= 11 is 0. The van der Waals surface area contributed by atoms with Gasteiger partial charge in [0.1, 0.15) is 0 Å². The first kappa shape index (κ1) is 12.3. The number of nitrogens with one attached hydrogen (secondary N) is 1. The van der Waals surface area contributed by atoms with E-state index in [0.717, 1.165) is 0 Å². The predicted octanol–water partition coefficient (Wildman–Crippen LogP) is 1.57. The first-order valence-corrected chi connectivity index (χ1v) is 5.25. The summed E-state index contributed by atoms with van der Waals surface area (Å²) in [4.78, 5) is 0. The average molecular weight is 219 g/mol. The number of hydrogen-bond donors (Lipinski definition) is 3. The Bertz CT molecular complexity index is 396. The highest BCUT2D eigenvalue weighted by atomic mass is 16.3. The normalized spacial score (nSPS) is 12.2. The van der Waals surface area contributed by atoms with Gasteiger partial charge in [0.05, 0.1) is 35.7 Å². The number of aliphatic hydroxyl groups excluding tert-OH is 1. The Morgan fingerprint density at radius 2 is 2.19 bits per heavy atom. The number of aliphatic hydroxyl groups is 1. The van der Waals surface area contributed by atoms with Gasteiger partial charge in [0.25, 0.3) is 0 Å². The number of rotatable bonds is 4. The van der Waals surface area contributed by atoms with Crippen LogP contribution in [0.5, 0.6) is 0 Å². The van der Waals surface area contributed by atoms with Crippen molar-refractivity contribution in [2.24, 2.45) is 5.92 Å². The highest BCUT2D eigenvalue weighted by molar-refractivity contribution is 5.68. The smallest absolute Gasteiger partial charge is 0.0992 e. The van der Waals surface area contributed by atoms with Gasteiger partial charge in [-0.25, -0.2) is 0 Å². The van der Waals surface area contributed by atoms with Gasteiger partial charge in [-0.15, -0.1) is 0 Å². The molecule has 0 aliphatic rings. The molecular formula is C12H17N3O. The lowest BCUT2D eigenvalue weighted by Crippen LogP contribution is -2.29. The number of nitrogens with zero attached hydrogens (tertiary/aromatic N) is 1. The van der Waals surface area contributed by atoms with Gasteiger partial charge >= 0.3 is 0 Å². The highest BCUT2D eigenvalue weighted by Gasteiger charge is 2.13. The molecule has 86 valence electrons. The van der Waals surface area contributed by atoms with Crippen LogP contribution in [0.4, 0.5) is 11.4 Å². The standard InChI is InChI=1S/C12H17N3O/c1-8(2)12(7-16)15-11-5-9(6-13)3-4-10(11)14/h3-5,8,12,15-16H,7,14H2,1-2H3/t12-/m1/s1. The molecule has 4 heteroatoms. The van der Waals surface area contributed by atoms with Crippen LogP contribution in [0.2, 0.25) is 0 Å². The van der Waals surface area contributed by atoms with Crippen molar-refractivity contribution in [2.75, 3.05) is 17.7 Å². The molecule has 0 bridgehead atoms. The molecule has 0 aliphatic heterocycles. The van der Waals surface area contributed by atoms with E-state index in [4.69, 9.17) is 11.0 Å². The largest absolute Gasteiger partial charge is 0.397 e. The summed E-state index contributed by atoms with van der Waals surface area (Å²) in [7, 11) is 0. The molecule has 0 aromatic heterocycles. The van der Waals surface area contributed by atoms with E-state index in [0.29, 0.717) is 16.9 Å². The van der Waals surface area contributed by atoms with Crippen molar-refractivity contribution in [3.05, 3.63) is 23.8 Å². The van der Waals surface area contributed by atoms with Crippen LogP contribution in [-0.2, 0) is 0 Å². The average Bonchev–Trinajstić information content (AvgIpc) is 2.27. The molecule has 0 saturated heterocycles. The van der Waals surface area contributed by atoms with Gasteiger partial charge in [0.2, 0.25) is 0 Å². The van der Waals surface area contributed by atoms with Gasteiger partial charge in [-0.2, -0.15) is 5.26 Å². The molecule has 4 N–H and O–H groups in total. The Labute approximate surface area is 95.7 Å². The molecular weight excluding hydrogens is 202 g/mol. The van der Waals surface area contributed by atoms with Crippen LogP contribution in [0.1, 0.15) is 19.4 Å². The number of hydrogen-bond acceptors (Lipinski definition) is 4. The van der Waals surface area contributed by atoms with Crippen LogP contribution >= 0.6 is 0 Å². The van der Waals surface area contributed by atoms with E-state index >= 15 is 0 Å². The number of anilines is 2. The van der Waals surface area contributed by atoms with E-state index in [1.54, 1.807) is 18.2 Å². The monoisotopic (exact) mass is 219 g/mol. The lowest BCUT2D eigenvalue weighted by molar-refractivity contribution is 0.249. The molecule has 0 amide bonds. The Morgan fingerprint density at radius 1 is 1.50 bits per heavy atom. The fourth-order valence-electron chi connectivity index (χ4n) is 1.37. The minimum atomic E-state index is -0.0590. The van der Waals surface area contributed by atoms with E-state index in [9.17, 15) is 5.11 Å². The van der Waals surface area contributed by atoms with Gasteiger partial charge in [0, 0.05) is 0 Å². The summed E-state index contributed by atoms with van der Waals surface area (Å²) in [6.45, 7) is 4.06. The molecule has 0 aliphatic carbocycles. The topological polar surface area (TPSA) is 82.1 Å². The van der Waals surface area contributed by atoms with Crippen molar-refractivity contribution < 1.29 is 5.11 Å². The van der Waals surface area contributed by atoms with Crippen molar-refractivity contribution in [1.29, 1.82) is 5.26 Å². The zero-order valence-corrected chi connectivity index (χ0v) is 9.57. The molecule has 0 heterocycles. The van der Waals surface area contributed by atoms with Crippen LogP contribution in [0.25, 0.3) is 0 Å². The van der Waals surface area contributed by atoms with E-state index < -0.39 is 0 Å². The van der Waals surface area contributed by atoms with Crippen molar-refractivity contribution in [3.63, 3.8) is 0 Å². The van der Waals surface area contributed by atoms with E-state index in [-0.39, 0.29) is 18.6 Å². The maximum Gasteiger partial charge on any atom is 0.0992 e. The minimum absolute atomic E-state index is 0.0356. The molecule has 1 aromatic rings. The summed E-state index contributed by atoms with van der Waals surface area (Å²) in [6.07, 6.45) is 0. The fourth-order valence-corrected chi connectivity index (χ4v) is 1.37. The Hall–Kier alpha value is -1.73. The third-order valence-corrected chi connectivity index (χ3v) is 2.52. The van der Waals surface area contributed by atoms with Gasteiger partial charge in [-0.3, -0.25) is 0 Å². The van der Waals surface area contributed by atoms with Crippen LogP contribution in [-0.4, -0.2) is 17.8 Å². The molecule has 4 nitrogen and oxygen atoms in total. The first-order chi connectivity index (χ1) is 7.58. The molecule has 0 unspecified atom stereocenters. The van der Waals surface area contributed by atoms with Crippen molar-refractivity contribution in [3.8, 4) is 6.07 Å². The Morgan fingerprint density at radius 3 is 2.69 bits per heavy atom. The summed E-state index contributed by atoms with van der Waals surface area (Å²) in [5, 5.41) is 21.1. The Kier molecular flexibility index (Phi) is 4.15. The lowest BCUT2D eigenvalue weighted by Gasteiger charge is -2.22. The van der Waals surface area contributed by atoms with E-state index in [1.807, 2.05) is 13.8 Å². The van der Waals surface area contributed by atoms with Gasteiger partial charge in [-0.05, 0) is 24.1 Å². The van der Waals surface area contributed by atoms with Gasteiger partial charge < -0.3 is 16.2 Å². The zero-order chi connectivity index (χ0) is 12.1. The maximum absolute atomic E-state index is 9.21. The van der Waals surface area contributed by atoms with Crippen LogP contribution in [0, 0.1) is 17.2 Å². The number of nitrogens with two attached hydrogens (primary N) is 1. The second kappa shape index (κ2) is 5.38. The molecule has 16 heavy (non-hydrogen) atoms. The first-order valence-electron chi connectivity index (χ1n) is 5.25. The number of benzene rings is 1. The maximum atomic E-state index is 9.21. The summed E-state index contributed by atoms with van der Waals surface area (Å²) < 4.78 is 0. The predicted molar refractivity (Wildman–Crippen MR) is 64.9 cm³/mol. The zero-order valence-electron chi connectivity index (χ0n) is 9.57. The van der Waals surface area contributed by atoms with E-state index in [2.05, 4.69) is 11.4 Å². The number of nitriles is 1. The van der Waals surface area contributed by atoms with Crippen molar-refractivity contribution in [1.82, 2.24) is 0 Å². The lowest BCUT2D eigenvalue weighted by atomic mass is 10.0. The Balaban J connectivity index is 2.91. The minimum Gasteiger partial charge on any atom is -0.397 e. The molecule has 0 saturated carbocycles.